The highest BCUT2D eigenvalue weighted by atomic mass is 35.5. The number of carbonyl (C=O) groups is 1. The first kappa shape index (κ1) is 20.0. The highest BCUT2D eigenvalue weighted by Crippen LogP contribution is 2.35. The van der Waals surface area contributed by atoms with Gasteiger partial charge in [-0.25, -0.2) is 0 Å². The number of nitrogens with zero attached hydrogens (tertiary/aromatic N) is 2. The quantitative estimate of drug-likeness (QED) is 0.727. The first-order chi connectivity index (χ1) is 12.8. The van der Waals surface area contributed by atoms with Gasteiger partial charge in [0, 0.05) is 18.8 Å². The number of rotatable bonds is 6. The van der Waals surface area contributed by atoms with Gasteiger partial charge in [0.15, 0.2) is 0 Å². The molecule has 1 aromatic rings. The molecule has 1 fully saturated rings. The Labute approximate surface area is 165 Å². The Morgan fingerprint density at radius 1 is 1.30 bits per heavy atom. The number of allylic oxidation sites excluding steroid dienone is 1. The van der Waals surface area contributed by atoms with Crippen molar-refractivity contribution >= 4 is 34.8 Å². The molecule has 1 N–H and O–H groups in total. The fourth-order valence-corrected chi connectivity index (χ4v) is 3.50. The van der Waals surface area contributed by atoms with E-state index in [0.717, 1.165) is 25.3 Å². The van der Waals surface area contributed by atoms with Crippen molar-refractivity contribution in [3.05, 3.63) is 46.1 Å². The van der Waals surface area contributed by atoms with Crippen molar-refractivity contribution in [3.8, 4) is 0 Å². The molecule has 1 aromatic carbocycles. The maximum absolute atomic E-state index is 12.7. The molecule has 0 saturated heterocycles. The number of aliphatic imine (C=N–C) groups is 1. The van der Waals surface area contributed by atoms with E-state index >= 15 is 0 Å². The zero-order valence-electron chi connectivity index (χ0n) is 14.3. The molecule has 1 unspecified atom stereocenters. The van der Waals surface area contributed by atoms with Gasteiger partial charge in [-0.2, -0.15) is 13.2 Å². The smallest absolute Gasteiger partial charge is 0.354 e. The summed E-state index contributed by atoms with van der Waals surface area (Å²) in [7, 11) is 0. The number of benzene rings is 1. The van der Waals surface area contributed by atoms with Crippen molar-refractivity contribution in [2.45, 2.75) is 31.5 Å². The molecule has 9 heteroatoms. The Kier molecular flexibility index (Phi) is 6.01. The fraction of sp³-hybridized carbons (Fsp3) is 0.444. The van der Waals surface area contributed by atoms with Crippen LogP contribution in [0.3, 0.4) is 0 Å². The largest absolute Gasteiger partial charge is 0.433 e. The molecule has 0 bridgehead atoms. The minimum absolute atomic E-state index is 0.0918. The number of hydrogen-bond acceptors (Lipinski definition) is 3. The second-order valence-electron chi connectivity index (χ2n) is 6.65. The van der Waals surface area contributed by atoms with Gasteiger partial charge in [-0.1, -0.05) is 42.1 Å². The van der Waals surface area contributed by atoms with Gasteiger partial charge in [-0.05, 0) is 30.5 Å². The molecule has 0 aromatic heterocycles. The van der Waals surface area contributed by atoms with Crippen LogP contribution in [-0.2, 0) is 0 Å². The third-order valence-corrected chi connectivity index (χ3v) is 5.21. The van der Waals surface area contributed by atoms with Gasteiger partial charge >= 0.3 is 6.18 Å². The van der Waals surface area contributed by atoms with Gasteiger partial charge in [0.2, 0.25) is 0 Å². The van der Waals surface area contributed by atoms with Crippen molar-refractivity contribution < 1.29 is 18.0 Å². The fourth-order valence-electron chi connectivity index (χ4n) is 2.93. The van der Waals surface area contributed by atoms with Crippen LogP contribution in [0.1, 0.15) is 29.6 Å². The van der Waals surface area contributed by atoms with Crippen LogP contribution in [0.2, 0.25) is 10.0 Å². The summed E-state index contributed by atoms with van der Waals surface area (Å²) in [5.74, 6) is 0.115. The lowest BCUT2D eigenvalue weighted by Crippen LogP contribution is -2.43. The lowest BCUT2D eigenvalue weighted by molar-refractivity contribution is -0.0584. The van der Waals surface area contributed by atoms with E-state index < -0.39 is 17.8 Å². The zero-order valence-corrected chi connectivity index (χ0v) is 15.8. The first-order valence-electron chi connectivity index (χ1n) is 8.53. The van der Waals surface area contributed by atoms with Gasteiger partial charge < -0.3 is 10.2 Å². The monoisotopic (exact) mass is 419 g/mol. The average molecular weight is 420 g/mol. The molecule has 146 valence electrons. The lowest BCUT2D eigenvalue weighted by Gasteiger charge is -2.32. The van der Waals surface area contributed by atoms with E-state index in [1.54, 1.807) is 23.1 Å². The lowest BCUT2D eigenvalue weighted by atomic mass is 10.1. The molecule has 27 heavy (non-hydrogen) atoms. The molecule has 1 aliphatic heterocycles. The third kappa shape index (κ3) is 5.17. The van der Waals surface area contributed by atoms with E-state index in [0.29, 0.717) is 5.92 Å². The van der Waals surface area contributed by atoms with E-state index in [2.05, 4.69) is 10.3 Å². The SMILES string of the molecule is O=C(NCC(CC1CC1)N1C=CC(C(F)(F)F)=NC1)c1c(Cl)cccc1Cl. The maximum Gasteiger partial charge on any atom is 0.433 e. The molecule has 0 spiro atoms. The number of hydrogen-bond donors (Lipinski definition) is 1. The molecule has 3 rings (SSSR count). The summed E-state index contributed by atoms with van der Waals surface area (Å²) >= 11 is 12.1. The summed E-state index contributed by atoms with van der Waals surface area (Å²) in [5.41, 5.74) is -0.701. The van der Waals surface area contributed by atoms with Crippen LogP contribution in [-0.4, -0.2) is 42.0 Å². The van der Waals surface area contributed by atoms with E-state index in [4.69, 9.17) is 23.2 Å². The number of nitrogens with one attached hydrogen (secondary N) is 1. The summed E-state index contributed by atoms with van der Waals surface area (Å²) in [6.07, 6.45) is 0.875. The molecular formula is C18H18Cl2F3N3O. The summed E-state index contributed by atoms with van der Waals surface area (Å²) in [4.78, 5) is 17.8. The molecule has 1 saturated carbocycles. The van der Waals surface area contributed by atoms with Gasteiger partial charge in [-0.15, -0.1) is 0 Å². The molecule has 1 heterocycles. The highest BCUT2D eigenvalue weighted by Gasteiger charge is 2.36. The number of halogens is 5. The molecule has 1 amide bonds. The highest BCUT2D eigenvalue weighted by molar-refractivity contribution is 6.39. The Hall–Kier alpha value is -1.73. The van der Waals surface area contributed by atoms with Gasteiger partial charge in [0.05, 0.1) is 15.6 Å². The van der Waals surface area contributed by atoms with E-state index in [1.807, 2.05) is 0 Å². The van der Waals surface area contributed by atoms with Crippen molar-refractivity contribution in [2.24, 2.45) is 10.9 Å². The predicted molar refractivity (Wildman–Crippen MR) is 99.3 cm³/mol. The van der Waals surface area contributed by atoms with E-state index in [9.17, 15) is 18.0 Å². The number of amides is 1. The van der Waals surface area contributed by atoms with Crippen LogP contribution in [0.25, 0.3) is 0 Å². The molecule has 1 atom stereocenters. The molecule has 4 nitrogen and oxygen atoms in total. The Balaban J connectivity index is 1.65. The normalized spacial score (nSPS) is 18.3. The van der Waals surface area contributed by atoms with Crippen LogP contribution in [0, 0.1) is 5.92 Å². The zero-order chi connectivity index (χ0) is 19.6. The second-order valence-corrected chi connectivity index (χ2v) is 7.47. The van der Waals surface area contributed by atoms with Crippen molar-refractivity contribution in [1.29, 1.82) is 0 Å². The number of carbonyl (C=O) groups excluding carboxylic acids is 1. The minimum Gasteiger partial charge on any atom is -0.354 e. The Morgan fingerprint density at radius 2 is 1.96 bits per heavy atom. The van der Waals surface area contributed by atoms with Crippen LogP contribution in [0.15, 0.2) is 35.5 Å². The van der Waals surface area contributed by atoms with Crippen LogP contribution in [0.5, 0.6) is 0 Å². The summed E-state index contributed by atoms with van der Waals surface area (Å²) in [6.45, 7) is 0.170. The van der Waals surface area contributed by atoms with Crippen molar-refractivity contribution in [3.63, 3.8) is 0 Å². The van der Waals surface area contributed by atoms with Gasteiger partial charge in [0.25, 0.3) is 5.91 Å². The minimum atomic E-state index is -4.45. The van der Waals surface area contributed by atoms with Crippen LogP contribution < -0.4 is 5.32 Å². The van der Waals surface area contributed by atoms with Gasteiger partial charge in [0.1, 0.15) is 12.4 Å². The standard InChI is InChI=1S/C18H18Cl2F3N3O/c19-13-2-1-3-14(20)16(13)17(27)24-9-12(8-11-4-5-11)26-7-6-15(25-10-26)18(21,22)23/h1-3,6-7,11-12H,4-5,8-10H2,(H,24,27). The molecular weight excluding hydrogens is 402 g/mol. The Bertz CT molecular complexity index is 755. The average Bonchev–Trinajstić information content (AvgIpc) is 3.42. The van der Waals surface area contributed by atoms with Crippen molar-refractivity contribution in [1.82, 2.24) is 10.2 Å². The number of alkyl halides is 3. The van der Waals surface area contributed by atoms with E-state index in [-0.39, 0.29) is 34.9 Å². The third-order valence-electron chi connectivity index (χ3n) is 4.58. The summed E-state index contributed by atoms with van der Waals surface area (Å²) in [5, 5.41) is 3.29. The second kappa shape index (κ2) is 8.10. The Morgan fingerprint density at radius 3 is 2.48 bits per heavy atom. The summed E-state index contributed by atoms with van der Waals surface area (Å²) in [6, 6.07) is 4.64. The molecule has 2 aliphatic rings. The van der Waals surface area contributed by atoms with Gasteiger partial charge in [-0.3, -0.25) is 9.79 Å². The summed E-state index contributed by atoms with van der Waals surface area (Å²) < 4.78 is 38.2. The van der Waals surface area contributed by atoms with Crippen molar-refractivity contribution in [2.75, 3.05) is 13.2 Å². The van der Waals surface area contributed by atoms with Crippen LogP contribution >= 0.6 is 23.2 Å². The predicted octanol–water partition coefficient (Wildman–Crippen LogP) is 4.68. The molecule has 1 aliphatic carbocycles. The van der Waals surface area contributed by atoms with E-state index in [1.165, 1.54) is 6.20 Å². The first-order valence-corrected chi connectivity index (χ1v) is 9.29. The molecule has 0 radical (unpaired) electrons. The maximum atomic E-state index is 12.7. The van der Waals surface area contributed by atoms with Crippen LogP contribution in [0.4, 0.5) is 13.2 Å². The topological polar surface area (TPSA) is 44.7 Å².